The Morgan fingerprint density at radius 3 is 2.78 bits per heavy atom. The predicted molar refractivity (Wildman–Crippen MR) is 58.2 cm³/mol. The number of ether oxygens (including phenoxy) is 1. The molecule has 0 bridgehead atoms. The molecule has 1 aliphatic heterocycles. The summed E-state index contributed by atoms with van der Waals surface area (Å²) in [5.74, 6) is -0.304. The highest BCUT2D eigenvalue weighted by Gasteiger charge is 2.32. The lowest BCUT2D eigenvalue weighted by Crippen LogP contribution is -2.38. The molecule has 1 atom stereocenters. The van der Waals surface area contributed by atoms with Gasteiger partial charge in [0.2, 0.25) is 5.91 Å². The predicted octanol–water partition coefficient (Wildman–Crippen LogP) is 1.75. The van der Waals surface area contributed by atoms with E-state index in [2.05, 4.69) is 5.32 Å². The van der Waals surface area contributed by atoms with Crippen LogP contribution >= 0.6 is 0 Å². The molecule has 1 unspecified atom stereocenters. The van der Waals surface area contributed by atoms with Crippen LogP contribution in [0.3, 0.4) is 0 Å². The van der Waals surface area contributed by atoms with Crippen molar-refractivity contribution < 1.29 is 22.7 Å². The minimum atomic E-state index is -4.47. The van der Waals surface area contributed by atoms with Crippen molar-refractivity contribution in [2.24, 2.45) is 5.73 Å². The number of anilines is 1. The SMILES string of the molecule is NC1CCOc2ccc(C(F)(F)F)cc2NC1=O. The van der Waals surface area contributed by atoms with Gasteiger partial charge in [0.05, 0.1) is 23.9 Å². The first-order chi connectivity index (χ1) is 8.38. The number of halogens is 3. The highest BCUT2D eigenvalue weighted by atomic mass is 19.4. The Balaban J connectivity index is 2.38. The van der Waals surface area contributed by atoms with Gasteiger partial charge in [0.15, 0.2) is 0 Å². The second kappa shape index (κ2) is 4.49. The van der Waals surface area contributed by atoms with Crippen LogP contribution in [0.25, 0.3) is 0 Å². The minimum Gasteiger partial charge on any atom is -0.491 e. The number of alkyl halides is 3. The van der Waals surface area contributed by atoms with E-state index >= 15 is 0 Å². The highest BCUT2D eigenvalue weighted by molar-refractivity contribution is 5.96. The van der Waals surface area contributed by atoms with Crippen LogP contribution in [0.5, 0.6) is 5.75 Å². The molecule has 0 aromatic heterocycles. The van der Waals surface area contributed by atoms with Crippen molar-refractivity contribution in [3.8, 4) is 5.75 Å². The lowest BCUT2D eigenvalue weighted by molar-refractivity contribution is -0.137. The fraction of sp³-hybridized carbons (Fsp3) is 0.364. The standard InChI is InChI=1S/C11H11F3N2O2/c12-11(13,14)6-1-2-9-8(5-6)16-10(17)7(15)3-4-18-9/h1-2,5,7H,3-4,15H2,(H,16,17). The fourth-order valence-electron chi connectivity index (χ4n) is 1.58. The molecule has 2 rings (SSSR count). The van der Waals surface area contributed by atoms with Crippen LogP contribution in [-0.2, 0) is 11.0 Å². The second-order valence-corrected chi connectivity index (χ2v) is 3.94. The van der Waals surface area contributed by atoms with Gasteiger partial charge in [0.1, 0.15) is 5.75 Å². The Labute approximate surface area is 101 Å². The molecule has 1 aromatic carbocycles. The molecule has 1 amide bonds. The lowest BCUT2D eigenvalue weighted by Gasteiger charge is -2.20. The zero-order valence-corrected chi connectivity index (χ0v) is 9.25. The number of nitrogens with one attached hydrogen (secondary N) is 1. The van der Waals surface area contributed by atoms with E-state index < -0.39 is 23.7 Å². The second-order valence-electron chi connectivity index (χ2n) is 3.94. The van der Waals surface area contributed by atoms with Crippen LogP contribution in [0.1, 0.15) is 12.0 Å². The lowest BCUT2D eigenvalue weighted by atomic mass is 10.1. The van der Waals surface area contributed by atoms with Gasteiger partial charge >= 0.3 is 6.18 Å². The summed E-state index contributed by atoms with van der Waals surface area (Å²) in [6, 6.07) is 2.15. The van der Waals surface area contributed by atoms with Gasteiger partial charge in [-0.3, -0.25) is 4.79 Å². The number of fused-ring (bicyclic) bond motifs is 1. The first kappa shape index (κ1) is 12.7. The summed E-state index contributed by atoms with van der Waals surface area (Å²) in [7, 11) is 0. The van der Waals surface area contributed by atoms with Crippen molar-refractivity contribution >= 4 is 11.6 Å². The van der Waals surface area contributed by atoms with Gasteiger partial charge in [-0.15, -0.1) is 0 Å². The average molecular weight is 260 g/mol. The van der Waals surface area contributed by atoms with E-state index in [0.29, 0.717) is 6.42 Å². The normalized spacial score (nSPS) is 20.2. The monoisotopic (exact) mass is 260 g/mol. The molecule has 1 heterocycles. The third kappa shape index (κ3) is 2.56. The van der Waals surface area contributed by atoms with Gasteiger partial charge < -0.3 is 15.8 Å². The van der Waals surface area contributed by atoms with Crippen LogP contribution in [0.4, 0.5) is 18.9 Å². The maximum atomic E-state index is 12.5. The van der Waals surface area contributed by atoms with E-state index in [9.17, 15) is 18.0 Å². The molecule has 4 nitrogen and oxygen atoms in total. The number of hydrogen-bond acceptors (Lipinski definition) is 3. The molecular formula is C11H11F3N2O2. The van der Waals surface area contributed by atoms with Crippen molar-refractivity contribution in [3.63, 3.8) is 0 Å². The highest BCUT2D eigenvalue weighted by Crippen LogP contribution is 2.35. The minimum absolute atomic E-state index is 0.00928. The van der Waals surface area contributed by atoms with Crippen molar-refractivity contribution in [1.29, 1.82) is 0 Å². The molecule has 98 valence electrons. The third-order valence-corrected chi connectivity index (χ3v) is 2.59. The van der Waals surface area contributed by atoms with E-state index in [1.807, 2.05) is 0 Å². The van der Waals surface area contributed by atoms with Gasteiger partial charge in [-0.05, 0) is 18.2 Å². The van der Waals surface area contributed by atoms with Gasteiger partial charge in [-0.25, -0.2) is 0 Å². The molecule has 0 aliphatic carbocycles. The topological polar surface area (TPSA) is 64.3 Å². The summed E-state index contributed by atoms with van der Waals surface area (Å²) in [4.78, 5) is 11.5. The fourth-order valence-corrected chi connectivity index (χ4v) is 1.58. The number of carbonyl (C=O) groups is 1. The number of amides is 1. The van der Waals surface area contributed by atoms with Crippen molar-refractivity contribution in [1.82, 2.24) is 0 Å². The van der Waals surface area contributed by atoms with Crippen LogP contribution in [0.2, 0.25) is 0 Å². The first-order valence-electron chi connectivity index (χ1n) is 5.28. The van der Waals surface area contributed by atoms with E-state index in [-0.39, 0.29) is 18.0 Å². The van der Waals surface area contributed by atoms with Crippen LogP contribution in [0.15, 0.2) is 18.2 Å². The Bertz CT molecular complexity index is 474. The zero-order chi connectivity index (χ0) is 13.3. The maximum Gasteiger partial charge on any atom is 0.416 e. The molecular weight excluding hydrogens is 249 g/mol. The van der Waals surface area contributed by atoms with Crippen molar-refractivity contribution in [2.75, 3.05) is 11.9 Å². The summed E-state index contributed by atoms with van der Waals surface area (Å²) in [6.45, 7) is 0.187. The molecule has 0 fully saturated rings. The van der Waals surface area contributed by atoms with Crippen LogP contribution in [0, 0.1) is 0 Å². The van der Waals surface area contributed by atoms with E-state index in [1.54, 1.807) is 0 Å². The molecule has 7 heteroatoms. The number of rotatable bonds is 0. The summed E-state index contributed by atoms with van der Waals surface area (Å²) in [6.07, 6.45) is -4.16. The molecule has 3 N–H and O–H groups in total. The molecule has 1 aromatic rings. The Kier molecular flexibility index (Phi) is 3.16. The maximum absolute atomic E-state index is 12.5. The number of benzene rings is 1. The number of hydrogen-bond donors (Lipinski definition) is 2. The average Bonchev–Trinajstić information content (AvgIpc) is 2.27. The summed E-state index contributed by atoms with van der Waals surface area (Å²) in [5.41, 5.74) is 4.66. The Morgan fingerprint density at radius 1 is 1.39 bits per heavy atom. The van der Waals surface area contributed by atoms with Crippen LogP contribution < -0.4 is 15.8 Å². The molecule has 1 aliphatic rings. The summed E-state index contributed by atoms with van der Waals surface area (Å²) in [5, 5.41) is 2.34. The number of nitrogens with two attached hydrogens (primary N) is 1. The van der Waals surface area contributed by atoms with E-state index in [4.69, 9.17) is 10.5 Å². The van der Waals surface area contributed by atoms with Crippen molar-refractivity contribution in [3.05, 3.63) is 23.8 Å². The van der Waals surface area contributed by atoms with Gasteiger partial charge in [-0.2, -0.15) is 13.2 Å². The summed E-state index contributed by atoms with van der Waals surface area (Å²) >= 11 is 0. The van der Waals surface area contributed by atoms with Gasteiger partial charge in [-0.1, -0.05) is 0 Å². The van der Waals surface area contributed by atoms with Crippen molar-refractivity contribution in [2.45, 2.75) is 18.6 Å². The molecule has 18 heavy (non-hydrogen) atoms. The van der Waals surface area contributed by atoms with Gasteiger partial charge in [0, 0.05) is 6.42 Å². The third-order valence-electron chi connectivity index (χ3n) is 2.59. The molecule has 0 radical (unpaired) electrons. The summed E-state index contributed by atoms with van der Waals surface area (Å²) < 4.78 is 42.9. The van der Waals surface area contributed by atoms with Gasteiger partial charge in [0.25, 0.3) is 0 Å². The molecule has 0 saturated heterocycles. The Morgan fingerprint density at radius 2 is 2.11 bits per heavy atom. The van der Waals surface area contributed by atoms with Crippen LogP contribution in [-0.4, -0.2) is 18.6 Å². The first-order valence-corrected chi connectivity index (χ1v) is 5.28. The Hall–Kier alpha value is -1.76. The zero-order valence-electron chi connectivity index (χ0n) is 9.25. The van der Waals surface area contributed by atoms with E-state index in [0.717, 1.165) is 12.1 Å². The number of carbonyl (C=O) groups excluding carboxylic acids is 1. The molecule has 0 spiro atoms. The smallest absolute Gasteiger partial charge is 0.416 e. The molecule has 0 saturated carbocycles. The van der Waals surface area contributed by atoms with E-state index in [1.165, 1.54) is 6.07 Å². The quantitative estimate of drug-likeness (QED) is 0.747. The largest absolute Gasteiger partial charge is 0.491 e.